The summed E-state index contributed by atoms with van der Waals surface area (Å²) in [6.07, 6.45) is 9.59. The maximum Gasteiger partial charge on any atom is 0.219 e. The Morgan fingerprint density at radius 1 is 1.13 bits per heavy atom. The monoisotopic (exact) mass is 417 g/mol. The summed E-state index contributed by atoms with van der Waals surface area (Å²) in [7, 11) is 0. The molecule has 0 aromatic heterocycles. The molecule has 0 radical (unpaired) electrons. The summed E-state index contributed by atoms with van der Waals surface area (Å²) in [4.78, 5) is 24.1. The molecule has 4 heteroatoms. The highest BCUT2D eigenvalue weighted by molar-refractivity contribution is 5.79. The number of fused-ring (bicyclic) bond motifs is 5. The second-order valence-electron chi connectivity index (χ2n) is 11.7. The molecule has 170 valence electrons. The fourth-order valence-corrected chi connectivity index (χ4v) is 8.91. The Kier molecular flexibility index (Phi) is 6.11. The quantitative estimate of drug-likeness (QED) is 0.679. The number of nitrogens with one attached hydrogen (secondary N) is 1. The van der Waals surface area contributed by atoms with Crippen molar-refractivity contribution in [1.82, 2.24) is 5.32 Å². The number of ketones is 1. The molecular formula is C26H43NO3. The predicted octanol–water partition coefficient (Wildman–Crippen LogP) is 4.74. The molecular weight excluding hydrogens is 374 g/mol. The van der Waals surface area contributed by atoms with Crippen LogP contribution in [0.1, 0.15) is 91.9 Å². The lowest BCUT2D eigenvalue weighted by Crippen LogP contribution is -2.58. The Labute approximate surface area is 183 Å². The van der Waals surface area contributed by atoms with E-state index in [9.17, 15) is 14.7 Å². The minimum atomic E-state index is -0.308. The van der Waals surface area contributed by atoms with Crippen molar-refractivity contribution in [1.29, 1.82) is 0 Å². The van der Waals surface area contributed by atoms with Crippen LogP contribution in [0.3, 0.4) is 0 Å². The summed E-state index contributed by atoms with van der Waals surface area (Å²) in [6.45, 7) is 9.98. The van der Waals surface area contributed by atoms with Crippen molar-refractivity contribution < 1.29 is 14.7 Å². The molecule has 0 spiro atoms. The van der Waals surface area contributed by atoms with Crippen LogP contribution < -0.4 is 5.32 Å². The molecule has 4 rings (SSSR count). The van der Waals surface area contributed by atoms with Crippen molar-refractivity contribution in [3.63, 3.8) is 0 Å². The Morgan fingerprint density at radius 3 is 2.60 bits per heavy atom. The van der Waals surface area contributed by atoms with Crippen molar-refractivity contribution in [3.05, 3.63) is 0 Å². The molecule has 0 heterocycles. The van der Waals surface area contributed by atoms with Gasteiger partial charge in [-0.05, 0) is 98.2 Å². The Balaban J connectivity index is 1.49. The molecule has 4 aliphatic carbocycles. The van der Waals surface area contributed by atoms with Crippen LogP contribution >= 0.6 is 0 Å². The third-order valence-corrected chi connectivity index (χ3v) is 10.5. The van der Waals surface area contributed by atoms with Gasteiger partial charge in [-0.3, -0.25) is 9.59 Å². The van der Waals surface area contributed by atoms with Gasteiger partial charge < -0.3 is 10.4 Å². The van der Waals surface area contributed by atoms with Crippen LogP contribution in [0.5, 0.6) is 0 Å². The molecule has 9 atom stereocenters. The molecule has 4 nitrogen and oxygen atoms in total. The van der Waals surface area contributed by atoms with E-state index < -0.39 is 0 Å². The standard InChI is InChI=1S/C26H43NO3/c1-5-27-24(30)9-6-16(2)19-7-8-20-18-15-23(29)22-14-17(28)10-12-26(22,4)21(18)11-13-25(19,20)3/h16,18-23,29H,5-15H2,1-4H3,(H,27,30)/t16?,18?,19?,20?,21?,22-,23-,25?,26?/m0/s1. The molecule has 0 bridgehead atoms. The maximum absolute atomic E-state index is 12.1. The largest absolute Gasteiger partial charge is 0.393 e. The normalized spacial score (nSPS) is 46.5. The SMILES string of the molecule is CCNC(=O)CCC(C)C1CCC2C3C[C@H](O)[C@@H]4CC(=O)CCC4(C)C3CCC12C. The van der Waals surface area contributed by atoms with Crippen LogP contribution in [0.4, 0.5) is 0 Å². The lowest BCUT2D eigenvalue weighted by molar-refractivity contribution is -0.166. The zero-order valence-electron chi connectivity index (χ0n) is 19.6. The lowest BCUT2D eigenvalue weighted by Gasteiger charge is -2.61. The van der Waals surface area contributed by atoms with E-state index in [0.29, 0.717) is 66.6 Å². The van der Waals surface area contributed by atoms with Crippen molar-refractivity contribution in [3.8, 4) is 0 Å². The molecule has 4 fully saturated rings. The van der Waals surface area contributed by atoms with Gasteiger partial charge in [0.1, 0.15) is 5.78 Å². The van der Waals surface area contributed by atoms with Crippen LogP contribution in [0.15, 0.2) is 0 Å². The molecule has 2 N–H and O–H groups in total. The molecule has 1 amide bonds. The number of hydrogen-bond acceptors (Lipinski definition) is 3. The second-order valence-corrected chi connectivity index (χ2v) is 11.7. The van der Waals surface area contributed by atoms with Crippen molar-refractivity contribution in [2.75, 3.05) is 6.54 Å². The molecule has 4 aliphatic rings. The van der Waals surface area contributed by atoms with E-state index in [1.54, 1.807) is 0 Å². The Hall–Kier alpha value is -0.900. The van der Waals surface area contributed by atoms with Gasteiger partial charge in [0.15, 0.2) is 0 Å². The van der Waals surface area contributed by atoms with E-state index in [0.717, 1.165) is 19.3 Å². The zero-order chi connectivity index (χ0) is 21.7. The van der Waals surface area contributed by atoms with E-state index in [1.807, 2.05) is 6.92 Å². The number of aliphatic hydroxyl groups excluding tert-OH is 1. The average Bonchev–Trinajstić information content (AvgIpc) is 3.05. The van der Waals surface area contributed by atoms with Gasteiger partial charge in [-0.25, -0.2) is 0 Å². The topological polar surface area (TPSA) is 66.4 Å². The molecule has 0 aromatic rings. The van der Waals surface area contributed by atoms with Crippen LogP contribution in [-0.2, 0) is 9.59 Å². The third-order valence-electron chi connectivity index (χ3n) is 10.5. The second kappa shape index (κ2) is 8.22. The summed E-state index contributed by atoms with van der Waals surface area (Å²) in [5, 5.41) is 14.0. The third kappa shape index (κ3) is 3.55. The van der Waals surface area contributed by atoms with E-state index >= 15 is 0 Å². The van der Waals surface area contributed by atoms with Gasteiger partial charge in [0, 0.05) is 25.8 Å². The van der Waals surface area contributed by atoms with Crippen LogP contribution in [0, 0.1) is 46.3 Å². The highest BCUT2D eigenvalue weighted by Crippen LogP contribution is 2.68. The minimum absolute atomic E-state index is 0.138. The number of carbonyl (C=O) groups excluding carboxylic acids is 2. The number of hydrogen-bond donors (Lipinski definition) is 2. The molecule has 4 saturated carbocycles. The van der Waals surface area contributed by atoms with Gasteiger partial charge in [-0.1, -0.05) is 20.8 Å². The smallest absolute Gasteiger partial charge is 0.219 e. The first-order valence-corrected chi connectivity index (χ1v) is 12.7. The van der Waals surface area contributed by atoms with Gasteiger partial charge in [0.25, 0.3) is 0 Å². The molecule has 7 unspecified atom stereocenters. The number of amides is 1. The summed E-state index contributed by atoms with van der Waals surface area (Å²) in [5.74, 6) is 3.95. The van der Waals surface area contributed by atoms with E-state index in [2.05, 4.69) is 26.1 Å². The molecule has 0 saturated heterocycles. The highest BCUT2D eigenvalue weighted by atomic mass is 16.3. The number of rotatable bonds is 5. The van der Waals surface area contributed by atoms with Crippen molar-refractivity contribution in [2.45, 2.75) is 98.0 Å². The zero-order valence-corrected chi connectivity index (χ0v) is 19.6. The Morgan fingerprint density at radius 2 is 1.87 bits per heavy atom. The van der Waals surface area contributed by atoms with Gasteiger partial charge >= 0.3 is 0 Å². The van der Waals surface area contributed by atoms with Crippen LogP contribution in [0.2, 0.25) is 0 Å². The first-order valence-electron chi connectivity index (χ1n) is 12.7. The van der Waals surface area contributed by atoms with Crippen LogP contribution in [0.25, 0.3) is 0 Å². The summed E-state index contributed by atoms with van der Waals surface area (Å²) in [6, 6.07) is 0. The maximum atomic E-state index is 12.1. The molecule has 0 aliphatic heterocycles. The lowest BCUT2D eigenvalue weighted by atomic mass is 9.44. The van der Waals surface area contributed by atoms with Gasteiger partial charge in [0.05, 0.1) is 6.10 Å². The van der Waals surface area contributed by atoms with Crippen LogP contribution in [-0.4, -0.2) is 29.4 Å². The molecule has 0 aromatic carbocycles. The van der Waals surface area contributed by atoms with E-state index in [-0.39, 0.29) is 23.3 Å². The predicted molar refractivity (Wildman–Crippen MR) is 119 cm³/mol. The first kappa shape index (κ1) is 22.3. The van der Waals surface area contributed by atoms with E-state index in [1.165, 1.54) is 25.7 Å². The summed E-state index contributed by atoms with van der Waals surface area (Å²) >= 11 is 0. The fraction of sp³-hybridized carbons (Fsp3) is 0.923. The summed E-state index contributed by atoms with van der Waals surface area (Å²) in [5.41, 5.74) is 0.481. The summed E-state index contributed by atoms with van der Waals surface area (Å²) < 4.78 is 0. The minimum Gasteiger partial charge on any atom is -0.393 e. The first-order chi connectivity index (χ1) is 14.2. The fourth-order valence-electron chi connectivity index (χ4n) is 8.91. The molecule has 30 heavy (non-hydrogen) atoms. The van der Waals surface area contributed by atoms with Gasteiger partial charge in [-0.2, -0.15) is 0 Å². The number of aliphatic hydroxyl groups is 1. The van der Waals surface area contributed by atoms with Gasteiger partial charge in [-0.15, -0.1) is 0 Å². The number of Topliss-reactive ketones (excluding diaryl/α,β-unsaturated/α-hetero) is 1. The Bertz CT molecular complexity index is 677. The highest BCUT2D eigenvalue weighted by Gasteiger charge is 2.62. The average molecular weight is 418 g/mol. The number of carbonyl (C=O) groups is 2. The van der Waals surface area contributed by atoms with E-state index in [4.69, 9.17) is 0 Å². The van der Waals surface area contributed by atoms with Crippen molar-refractivity contribution in [2.24, 2.45) is 46.3 Å². The van der Waals surface area contributed by atoms with Crippen molar-refractivity contribution >= 4 is 11.7 Å². The van der Waals surface area contributed by atoms with Gasteiger partial charge in [0.2, 0.25) is 5.91 Å².